The first-order valence-electron chi connectivity index (χ1n) is 9.69. The molecular formula is C20H21N7O2. The van der Waals surface area contributed by atoms with Crippen molar-refractivity contribution in [3.05, 3.63) is 30.7 Å². The highest BCUT2D eigenvalue weighted by atomic mass is 16.5. The van der Waals surface area contributed by atoms with Gasteiger partial charge in [0.1, 0.15) is 18.3 Å². The fourth-order valence-electron chi connectivity index (χ4n) is 3.84. The average Bonchev–Trinajstić information content (AvgIpc) is 3.46. The van der Waals surface area contributed by atoms with Gasteiger partial charge in [0.25, 0.3) is 0 Å². The van der Waals surface area contributed by atoms with E-state index in [4.69, 9.17) is 9.72 Å². The number of nitrogens with zero attached hydrogens (tertiary/aromatic N) is 6. The zero-order chi connectivity index (χ0) is 20.0. The Labute approximate surface area is 166 Å². The number of rotatable bonds is 4. The number of amides is 1. The lowest BCUT2D eigenvalue weighted by atomic mass is 10.1. The van der Waals surface area contributed by atoms with Gasteiger partial charge in [-0.2, -0.15) is 10.1 Å². The van der Waals surface area contributed by atoms with Gasteiger partial charge in [-0.1, -0.05) is 6.92 Å². The van der Waals surface area contributed by atoms with Crippen molar-refractivity contribution in [3.8, 4) is 17.3 Å². The van der Waals surface area contributed by atoms with E-state index >= 15 is 0 Å². The molecule has 0 saturated carbocycles. The van der Waals surface area contributed by atoms with Crippen LogP contribution in [-0.2, 0) is 11.8 Å². The summed E-state index contributed by atoms with van der Waals surface area (Å²) in [4.78, 5) is 27.3. The number of nitrogens with one attached hydrogen (secondary N) is 1. The highest BCUT2D eigenvalue weighted by molar-refractivity contribution is 5.86. The molecule has 1 aromatic carbocycles. The van der Waals surface area contributed by atoms with Gasteiger partial charge in [0.2, 0.25) is 11.8 Å². The minimum absolute atomic E-state index is 0.0867. The number of aryl methyl sites for hydroxylation is 1. The molecule has 1 amide bonds. The number of H-pyrrole nitrogens is 1. The van der Waals surface area contributed by atoms with Crippen molar-refractivity contribution in [3.63, 3.8) is 0 Å². The Balaban J connectivity index is 1.48. The van der Waals surface area contributed by atoms with Gasteiger partial charge in [-0.05, 0) is 18.2 Å². The predicted molar refractivity (Wildman–Crippen MR) is 107 cm³/mol. The Hall–Kier alpha value is -3.49. The smallest absolute Gasteiger partial charge is 0.245 e. The molecule has 1 atom stereocenters. The first-order chi connectivity index (χ1) is 14.1. The number of hydrogen-bond donors (Lipinski definition) is 1. The molecule has 1 fully saturated rings. The molecule has 0 radical (unpaired) electrons. The Morgan fingerprint density at radius 2 is 2.24 bits per heavy atom. The van der Waals surface area contributed by atoms with Gasteiger partial charge in [0, 0.05) is 37.4 Å². The summed E-state index contributed by atoms with van der Waals surface area (Å²) in [6.45, 7) is 3.17. The maximum absolute atomic E-state index is 11.9. The second-order valence-corrected chi connectivity index (χ2v) is 7.24. The second kappa shape index (κ2) is 6.84. The van der Waals surface area contributed by atoms with E-state index in [-0.39, 0.29) is 12.0 Å². The van der Waals surface area contributed by atoms with Crippen LogP contribution in [0.5, 0.6) is 5.88 Å². The van der Waals surface area contributed by atoms with E-state index in [1.807, 2.05) is 41.6 Å². The Morgan fingerprint density at radius 3 is 3.10 bits per heavy atom. The molecule has 0 spiro atoms. The lowest BCUT2D eigenvalue weighted by Crippen LogP contribution is -2.30. The zero-order valence-corrected chi connectivity index (χ0v) is 16.3. The summed E-state index contributed by atoms with van der Waals surface area (Å²) >= 11 is 0. The van der Waals surface area contributed by atoms with Gasteiger partial charge in [0.05, 0.1) is 18.3 Å². The van der Waals surface area contributed by atoms with Crippen LogP contribution in [0.2, 0.25) is 0 Å². The van der Waals surface area contributed by atoms with Gasteiger partial charge in [-0.15, -0.1) is 0 Å². The van der Waals surface area contributed by atoms with Crippen molar-refractivity contribution in [1.82, 2.24) is 34.6 Å². The molecule has 29 heavy (non-hydrogen) atoms. The summed E-state index contributed by atoms with van der Waals surface area (Å²) in [5.74, 6) is 1.39. The minimum Gasteiger partial charge on any atom is -0.471 e. The van der Waals surface area contributed by atoms with Gasteiger partial charge in [-0.25, -0.2) is 9.97 Å². The van der Waals surface area contributed by atoms with Crippen LogP contribution >= 0.6 is 0 Å². The molecule has 0 aliphatic carbocycles. The summed E-state index contributed by atoms with van der Waals surface area (Å²) in [5, 5.41) is 8.05. The Bertz CT molecular complexity index is 1210. The second-order valence-electron chi connectivity index (χ2n) is 7.24. The normalized spacial score (nSPS) is 16.8. The Kier molecular flexibility index (Phi) is 4.15. The third-order valence-electron chi connectivity index (χ3n) is 5.40. The van der Waals surface area contributed by atoms with E-state index in [2.05, 4.69) is 20.2 Å². The summed E-state index contributed by atoms with van der Waals surface area (Å²) in [6.07, 6.45) is 4.49. The van der Waals surface area contributed by atoms with Crippen LogP contribution in [0, 0.1) is 0 Å². The number of imidazole rings is 1. The Morgan fingerprint density at radius 1 is 1.34 bits per heavy atom. The molecule has 1 N–H and O–H groups in total. The van der Waals surface area contributed by atoms with Crippen molar-refractivity contribution < 1.29 is 9.53 Å². The lowest BCUT2D eigenvalue weighted by molar-refractivity contribution is -0.130. The fourth-order valence-corrected chi connectivity index (χ4v) is 3.84. The van der Waals surface area contributed by atoms with Crippen LogP contribution in [0.3, 0.4) is 0 Å². The van der Waals surface area contributed by atoms with Crippen molar-refractivity contribution in [2.24, 2.45) is 7.05 Å². The minimum atomic E-state index is -0.0867. The number of carbonyl (C=O) groups excluding carboxylic acids is 1. The molecule has 9 nitrogen and oxygen atoms in total. The van der Waals surface area contributed by atoms with Crippen LogP contribution in [0.1, 0.15) is 19.8 Å². The van der Waals surface area contributed by atoms with E-state index in [1.54, 1.807) is 6.20 Å². The number of fused-ring (bicyclic) bond motifs is 2. The SMILES string of the molecule is CCC(=O)N1CCC(Oc2ncnc3c2nc(-c2ccc4[nH]ncc4c2)n3C)C1. The molecule has 1 aliphatic rings. The molecule has 4 heterocycles. The number of carbonyl (C=O) groups is 1. The van der Waals surface area contributed by atoms with Crippen LogP contribution in [0.15, 0.2) is 30.7 Å². The highest BCUT2D eigenvalue weighted by Gasteiger charge is 2.28. The van der Waals surface area contributed by atoms with Crippen LogP contribution < -0.4 is 4.74 Å². The lowest BCUT2D eigenvalue weighted by Gasteiger charge is -2.16. The highest BCUT2D eigenvalue weighted by Crippen LogP contribution is 2.29. The summed E-state index contributed by atoms with van der Waals surface area (Å²) < 4.78 is 8.08. The molecule has 3 aromatic heterocycles. The van der Waals surface area contributed by atoms with E-state index in [0.29, 0.717) is 36.6 Å². The maximum atomic E-state index is 11.9. The van der Waals surface area contributed by atoms with Gasteiger partial charge in [-0.3, -0.25) is 9.89 Å². The average molecular weight is 391 g/mol. The van der Waals surface area contributed by atoms with Gasteiger partial charge < -0.3 is 14.2 Å². The zero-order valence-electron chi connectivity index (χ0n) is 16.3. The fraction of sp³-hybridized carbons (Fsp3) is 0.350. The number of aromatic amines is 1. The molecule has 9 heteroatoms. The van der Waals surface area contributed by atoms with Crippen molar-refractivity contribution >= 4 is 28.0 Å². The summed E-state index contributed by atoms with van der Waals surface area (Å²) in [5.41, 5.74) is 3.27. The number of likely N-dealkylation sites (tertiary alicyclic amines) is 1. The molecular weight excluding hydrogens is 370 g/mol. The van der Waals surface area contributed by atoms with E-state index < -0.39 is 0 Å². The standard InChI is InChI=1S/C20H21N7O2/c1-3-16(28)27-7-6-14(10-27)29-20-17-19(21-11-22-20)26(2)18(24-17)12-4-5-15-13(8-12)9-23-25-15/h4-5,8-9,11,14H,3,6-7,10H2,1-2H3,(H,23,25). The predicted octanol–water partition coefficient (Wildman–Crippen LogP) is 2.30. The van der Waals surface area contributed by atoms with E-state index in [9.17, 15) is 4.79 Å². The molecule has 148 valence electrons. The summed E-state index contributed by atoms with van der Waals surface area (Å²) in [6, 6.07) is 6.03. The largest absolute Gasteiger partial charge is 0.471 e. The first-order valence-corrected chi connectivity index (χ1v) is 9.69. The third-order valence-corrected chi connectivity index (χ3v) is 5.40. The number of benzene rings is 1. The van der Waals surface area contributed by atoms with Gasteiger partial charge >= 0.3 is 0 Å². The number of aromatic nitrogens is 6. The van der Waals surface area contributed by atoms with Crippen molar-refractivity contribution in [2.45, 2.75) is 25.9 Å². The summed E-state index contributed by atoms with van der Waals surface area (Å²) in [7, 11) is 1.93. The monoisotopic (exact) mass is 391 g/mol. The van der Waals surface area contributed by atoms with Crippen LogP contribution in [-0.4, -0.2) is 59.7 Å². The van der Waals surface area contributed by atoms with Crippen molar-refractivity contribution in [1.29, 1.82) is 0 Å². The third kappa shape index (κ3) is 2.98. The number of hydrogen-bond acceptors (Lipinski definition) is 6. The van der Waals surface area contributed by atoms with Crippen molar-refractivity contribution in [2.75, 3.05) is 13.1 Å². The number of ether oxygens (including phenoxy) is 1. The first kappa shape index (κ1) is 17.6. The van der Waals surface area contributed by atoms with Crippen LogP contribution in [0.4, 0.5) is 0 Å². The molecule has 1 saturated heterocycles. The molecule has 5 rings (SSSR count). The van der Waals surface area contributed by atoms with E-state index in [0.717, 1.165) is 28.7 Å². The quantitative estimate of drug-likeness (QED) is 0.573. The molecule has 1 unspecified atom stereocenters. The molecule has 1 aliphatic heterocycles. The maximum Gasteiger partial charge on any atom is 0.245 e. The topological polar surface area (TPSA) is 102 Å². The van der Waals surface area contributed by atoms with E-state index in [1.165, 1.54) is 6.33 Å². The molecule has 4 aromatic rings. The molecule has 0 bridgehead atoms. The van der Waals surface area contributed by atoms with Crippen LogP contribution in [0.25, 0.3) is 33.5 Å². The van der Waals surface area contributed by atoms with Gasteiger partial charge in [0.15, 0.2) is 11.2 Å².